The molecule has 1 saturated heterocycles. The van der Waals surface area contributed by atoms with Crippen molar-refractivity contribution in [3.8, 4) is 0 Å². The number of piperazine rings is 1. The number of nitrogens with two attached hydrogens (primary N) is 1. The van der Waals surface area contributed by atoms with E-state index in [0.717, 1.165) is 65.5 Å². The van der Waals surface area contributed by atoms with Crippen LogP contribution in [0.4, 0.5) is 11.4 Å². The summed E-state index contributed by atoms with van der Waals surface area (Å²) < 4.78 is 0. The molecular formula is C29H34N4O. The molecule has 0 unspecified atom stereocenters. The molecule has 5 heteroatoms. The summed E-state index contributed by atoms with van der Waals surface area (Å²) in [7, 11) is 0. The Labute approximate surface area is 201 Å². The first kappa shape index (κ1) is 20.6. The molecule has 3 N–H and O–H groups in total. The summed E-state index contributed by atoms with van der Waals surface area (Å²) in [6.07, 6.45) is 6.63. The third-order valence-corrected chi connectivity index (χ3v) is 9.02. The monoisotopic (exact) mass is 454 g/mol. The van der Waals surface area contributed by atoms with E-state index in [2.05, 4.69) is 40.8 Å². The number of aromatic amines is 1. The molecule has 34 heavy (non-hydrogen) atoms. The van der Waals surface area contributed by atoms with Gasteiger partial charge in [0.2, 0.25) is 0 Å². The molecule has 7 rings (SSSR count). The summed E-state index contributed by atoms with van der Waals surface area (Å²) in [5.74, 6) is 0.758. The lowest BCUT2D eigenvalue weighted by Gasteiger charge is -2.44. The van der Waals surface area contributed by atoms with Crippen LogP contribution in [-0.2, 0) is 5.41 Å². The summed E-state index contributed by atoms with van der Waals surface area (Å²) >= 11 is 0. The van der Waals surface area contributed by atoms with Crippen molar-refractivity contribution in [2.75, 3.05) is 36.8 Å². The molecule has 1 aliphatic heterocycles. The number of aromatic nitrogens is 1. The summed E-state index contributed by atoms with van der Waals surface area (Å²) in [5, 5.41) is 0.983. The average molecular weight is 455 g/mol. The van der Waals surface area contributed by atoms with E-state index in [1.165, 1.54) is 43.4 Å². The molecule has 2 saturated carbocycles. The lowest BCUT2D eigenvalue weighted by molar-refractivity contribution is 0.103. The number of nitrogen functional groups attached to an aromatic ring is 1. The van der Waals surface area contributed by atoms with Crippen molar-refractivity contribution in [1.29, 1.82) is 0 Å². The number of anilines is 2. The van der Waals surface area contributed by atoms with Crippen LogP contribution in [0.15, 0.2) is 30.3 Å². The van der Waals surface area contributed by atoms with E-state index in [0.29, 0.717) is 11.6 Å². The number of fused-ring (bicyclic) bond motifs is 4. The van der Waals surface area contributed by atoms with Gasteiger partial charge in [-0.05, 0) is 67.0 Å². The first-order valence-corrected chi connectivity index (χ1v) is 13.1. The van der Waals surface area contributed by atoms with Crippen LogP contribution >= 0.6 is 0 Å². The SMILES string of the molecule is CC1(C)c2cc(N3CCN(C4CCC4)CC3)c(C3CC3)cc2C(=O)c2c1[nH]c1cc(N)ccc21. The molecule has 0 spiro atoms. The lowest BCUT2D eigenvalue weighted by Crippen LogP contribution is -2.52. The van der Waals surface area contributed by atoms with Crippen LogP contribution in [0.3, 0.4) is 0 Å². The van der Waals surface area contributed by atoms with Gasteiger partial charge in [-0.3, -0.25) is 9.69 Å². The van der Waals surface area contributed by atoms with Gasteiger partial charge in [0.05, 0.1) is 5.56 Å². The predicted octanol–water partition coefficient (Wildman–Crippen LogP) is 5.17. The van der Waals surface area contributed by atoms with Gasteiger partial charge in [0.1, 0.15) is 0 Å². The average Bonchev–Trinajstić information content (AvgIpc) is 3.56. The zero-order valence-electron chi connectivity index (χ0n) is 20.3. The third-order valence-electron chi connectivity index (χ3n) is 9.02. The van der Waals surface area contributed by atoms with Crippen LogP contribution in [-0.4, -0.2) is 47.9 Å². The highest BCUT2D eigenvalue weighted by Crippen LogP contribution is 2.50. The number of nitrogens with one attached hydrogen (secondary N) is 1. The van der Waals surface area contributed by atoms with Crippen LogP contribution in [0, 0.1) is 0 Å². The van der Waals surface area contributed by atoms with E-state index in [1.54, 1.807) is 0 Å². The topological polar surface area (TPSA) is 65.4 Å². The normalized spacial score (nSPS) is 22.5. The molecular weight excluding hydrogens is 420 g/mol. The lowest BCUT2D eigenvalue weighted by atomic mass is 9.70. The minimum atomic E-state index is -0.281. The maximum absolute atomic E-state index is 13.9. The number of carbonyl (C=O) groups excluding carboxylic acids is 1. The number of rotatable bonds is 3. The maximum Gasteiger partial charge on any atom is 0.195 e. The quantitative estimate of drug-likeness (QED) is 0.536. The summed E-state index contributed by atoms with van der Waals surface area (Å²) in [6.45, 7) is 8.99. The van der Waals surface area contributed by atoms with Crippen LogP contribution < -0.4 is 10.6 Å². The van der Waals surface area contributed by atoms with Gasteiger partial charge in [-0.25, -0.2) is 0 Å². The van der Waals surface area contributed by atoms with Gasteiger partial charge < -0.3 is 15.6 Å². The smallest absolute Gasteiger partial charge is 0.195 e. The highest BCUT2D eigenvalue weighted by atomic mass is 16.1. The van der Waals surface area contributed by atoms with E-state index in [-0.39, 0.29) is 11.2 Å². The fraction of sp³-hybridized carbons (Fsp3) is 0.483. The van der Waals surface area contributed by atoms with Crippen LogP contribution in [0.1, 0.15) is 84.6 Å². The molecule has 0 atom stereocenters. The molecule has 4 aliphatic rings. The summed E-state index contributed by atoms with van der Waals surface area (Å²) in [6, 6.07) is 11.3. The van der Waals surface area contributed by atoms with E-state index in [4.69, 9.17) is 5.73 Å². The Bertz CT molecular complexity index is 1320. The number of hydrogen-bond acceptors (Lipinski definition) is 4. The van der Waals surface area contributed by atoms with Crippen molar-refractivity contribution < 1.29 is 4.79 Å². The highest BCUT2D eigenvalue weighted by molar-refractivity contribution is 6.20. The van der Waals surface area contributed by atoms with Crippen molar-refractivity contribution in [1.82, 2.24) is 9.88 Å². The molecule has 176 valence electrons. The number of hydrogen-bond donors (Lipinski definition) is 2. The van der Waals surface area contributed by atoms with E-state index >= 15 is 0 Å². The predicted molar refractivity (Wildman–Crippen MR) is 138 cm³/mol. The second-order valence-corrected chi connectivity index (χ2v) is 11.5. The first-order chi connectivity index (χ1) is 16.4. The van der Waals surface area contributed by atoms with Crippen LogP contribution in [0.2, 0.25) is 0 Å². The van der Waals surface area contributed by atoms with E-state index in [1.807, 2.05) is 18.2 Å². The van der Waals surface area contributed by atoms with Gasteiger partial charge in [-0.1, -0.05) is 26.3 Å². The van der Waals surface area contributed by atoms with Crippen LogP contribution in [0.5, 0.6) is 0 Å². The minimum absolute atomic E-state index is 0.156. The van der Waals surface area contributed by atoms with Gasteiger partial charge in [0.25, 0.3) is 0 Å². The first-order valence-electron chi connectivity index (χ1n) is 13.1. The minimum Gasteiger partial charge on any atom is -0.399 e. The van der Waals surface area contributed by atoms with Gasteiger partial charge in [0, 0.05) is 71.2 Å². The van der Waals surface area contributed by atoms with Gasteiger partial charge in [0.15, 0.2) is 5.78 Å². The zero-order chi connectivity index (χ0) is 23.2. The standard InChI is InChI=1S/C29H34N4O/c1-29(2)23-16-25(33-12-10-32(11-13-33)19-4-3-5-19)21(17-6-7-17)15-22(23)27(34)26-20-9-8-18(30)14-24(20)31-28(26)29/h8-9,14-17,19,31H,3-7,10-13,30H2,1-2H3. The molecule has 3 aromatic rings. The number of nitrogens with zero attached hydrogens (tertiary/aromatic N) is 2. The molecule has 5 nitrogen and oxygen atoms in total. The zero-order valence-corrected chi connectivity index (χ0v) is 20.3. The Morgan fingerprint density at radius 2 is 1.76 bits per heavy atom. The third kappa shape index (κ3) is 2.92. The van der Waals surface area contributed by atoms with Crippen molar-refractivity contribution in [3.05, 3.63) is 58.3 Å². The van der Waals surface area contributed by atoms with Crippen molar-refractivity contribution in [2.45, 2.75) is 63.3 Å². The fourth-order valence-electron chi connectivity index (χ4n) is 6.57. The fourth-order valence-corrected chi connectivity index (χ4v) is 6.57. The Balaban J connectivity index is 1.32. The van der Waals surface area contributed by atoms with Crippen molar-refractivity contribution >= 4 is 28.1 Å². The Morgan fingerprint density at radius 1 is 1.00 bits per heavy atom. The molecule has 0 radical (unpaired) electrons. The molecule has 2 aromatic carbocycles. The molecule has 1 aromatic heterocycles. The van der Waals surface area contributed by atoms with Gasteiger partial charge in [-0.15, -0.1) is 0 Å². The Kier molecular flexibility index (Phi) is 4.30. The molecule has 2 heterocycles. The number of ketones is 1. The van der Waals surface area contributed by atoms with Gasteiger partial charge >= 0.3 is 0 Å². The second-order valence-electron chi connectivity index (χ2n) is 11.5. The van der Waals surface area contributed by atoms with Crippen molar-refractivity contribution in [2.24, 2.45) is 0 Å². The number of carbonyl (C=O) groups is 1. The highest BCUT2D eigenvalue weighted by Gasteiger charge is 2.42. The molecule has 0 bridgehead atoms. The Morgan fingerprint density at radius 3 is 2.44 bits per heavy atom. The largest absolute Gasteiger partial charge is 0.399 e. The summed E-state index contributed by atoms with van der Waals surface area (Å²) in [4.78, 5) is 22.8. The molecule has 0 amide bonds. The maximum atomic E-state index is 13.9. The van der Waals surface area contributed by atoms with Crippen molar-refractivity contribution in [3.63, 3.8) is 0 Å². The Hall–Kier alpha value is -2.79. The second kappa shape index (κ2) is 7.11. The number of H-pyrrole nitrogens is 1. The van der Waals surface area contributed by atoms with E-state index < -0.39 is 0 Å². The van der Waals surface area contributed by atoms with E-state index in [9.17, 15) is 4.79 Å². The number of benzene rings is 2. The molecule has 3 aliphatic carbocycles. The molecule has 3 fully saturated rings. The van der Waals surface area contributed by atoms with Crippen LogP contribution in [0.25, 0.3) is 10.9 Å². The summed E-state index contributed by atoms with van der Waals surface area (Å²) in [5.41, 5.74) is 14.1. The van der Waals surface area contributed by atoms with Gasteiger partial charge in [-0.2, -0.15) is 0 Å².